The monoisotopic (exact) mass is 356 g/mol. The summed E-state index contributed by atoms with van der Waals surface area (Å²) in [5.74, 6) is 0.875. The molecule has 1 aromatic carbocycles. The van der Waals surface area contributed by atoms with Gasteiger partial charge < -0.3 is 9.32 Å². The van der Waals surface area contributed by atoms with Gasteiger partial charge in [0.25, 0.3) is 0 Å². The highest BCUT2D eigenvalue weighted by Crippen LogP contribution is 2.43. The molecule has 0 bridgehead atoms. The zero-order valence-corrected chi connectivity index (χ0v) is 15.0. The van der Waals surface area contributed by atoms with Crippen LogP contribution < -0.4 is 0 Å². The molecule has 0 spiro atoms. The summed E-state index contributed by atoms with van der Waals surface area (Å²) in [7, 11) is 0. The Morgan fingerprint density at radius 3 is 2.50 bits per heavy atom. The Hall–Kier alpha value is -2.14. The molecule has 1 aliphatic carbocycles. The molecule has 1 saturated carbocycles. The lowest BCUT2D eigenvalue weighted by Crippen LogP contribution is -2.53. The molecular weight excluding hydrogens is 331 g/mol. The van der Waals surface area contributed by atoms with Crippen LogP contribution in [0, 0.1) is 5.82 Å². The summed E-state index contributed by atoms with van der Waals surface area (Å²) in [5, 5.41) is 0. The molecule has 1 saturated heterocycles. The van der Waals surface area contributed by atoms with E-state index < -0.39 is 5.41 Å². The molecule has 1 amide bonds. The van der Waals surface area contributed by atoms with E-state index in [0.29, 0.717) is 0 Å². The molecule has 2 aliphatic rings. The second-order valence-corrected chi connectivity index (χ2v) is 7.45. The first-order valence-electron chi connectivity index (χ1n) is 9.48. The zero-order valence-electron chi connectivity index (χ0n) is 15.0. The van der Waals surface area contributed by atoms with E-state index in [0.717, 1.165) is 69.7 Å². The van der Waals surface area contributed by atoms with Gasteiger partial charge in [0.05, 0.1) is 18.2 Å². The number of hydrogen-bond donors (Lipinski definition) is 0. The minimum atomic E-state index is -0.536. The van der Waals surface area contributed by atoms with Crippen LogP contribution in [0.5, 0.6) is 0 Å². The molecule has 0 unspecified atom stereocenters. The molecule has 0 radical (unpaired) electrons. The van der Waals surface area contributed by atoms with Crippen LogP contribution in [0.4, 0.5) is 4.39 Å². The molecule has 2 aromatic rings. The van der Waals surface area contributed by atoms with Gasteiger partial charge in [-0.05, 0) is 42.7 Å². The molecule has 2 fully saturated rings. The Bertz CT molecular complexity index is 745. The van der Waals surface area contributed by atoms with Crippen LogP contribution >= 0.6 is 0 Å². The molecule has 0 N–H and O–H groups in total. The highest BCUT2D eigenvalue weighted by Gasteiger charge is 2.45. The Labute approximate surface area is 153 Å². The van der Waals surface area contributed by atoms with Gasteiger partial charge in [0.1, 0.15) is 11.6 Å². The third-order valence-electron chi connectivity index (χ3n) is 5.86. The van der Waals surface area contributed by atoms with Crippen molar-refractivity contribution in [2.45, 2.75) is 37.6 Å². The molecule has 1 aliphatic heterocycles. The number of nitrogens with zero attached hydrogens (tertiary/aromatic N) is 2. The average molecular weight is 356 g/mol. The number of carbonyl (C=O) groups excluding carboxylic acids is 1. The lowest BCUT2D eigenvalue weighted by molar-refractivity contribution is -0.139. The third kappa shape index (κ3) is 3.28. The third-order valence-corrected chi connectivity index (χ3v) is 5.86. The van der Waals surface area contributed by atoms with Crippen molar-refractivity contribution in [3.8, 4) is 0 Å². The van der Waals surface area contributed by atoms with Crippen molar-refractivity contribution >= 4 is 5.91 Å². The van der Waals surface area contributed by atoms with E-state index >= 15 is 0 Å². The second-order valence-electron chi connectivity index (χ2n) is 7.45. The summed E-state index contributed by atoms with van der Waals surface area (Å²) in [6, 6.07) is 10.5. The molecule has 4 nitrogen and oxygen atoms in total. The molecular formula is C21H25FN2O2. The summed E-state index contributed by atoms with van der Waals surface area (Å²) in [6.45, 7) is 3.90. The fraction of sp³-hybridized carbons (Fsp3) is 0.476. The van der Waals surface area contributed by atoms with Gasteiger partial charge in [-0.2, -0.15) is 0 Å². The van der Waals surface area contributed by atoms with E-state index in [1.54, 1.807) is 18.4 Å². The van der Waals surface area contributed by atoms with Gasteiger partial charge >= 0.3 is 0 Å². The lowest BCUT2D eigenvalue weighted by Gasteiger charge is -2.40. The van der Waals surface area contributed by atoms with Crippen molar-refractivity contribution in [2.24, 2.45) is 0 Å². The minimum Gasteiger partial charge on any atom is -0.468 e. The average Bonchev–Trinajstić information content (AvgIpc) is 3.34. The largest absolute Gasteiger partial charge is 0.468 e. The maximum atomic E-state index is 13.8. The van der Waals surface area contributed by atoms with Crippen LogP contribution in [-0.4, -0.2) is 41.9 Å². The van der Waals surface area contributed by atoms with Gasteiger partial charge in [0, 0.05) is 26.2 Å². The smallest absolute Gasteiger partial charge is 0.233 e. The van der Waals surface area contributed by atoms with Crippen LogP contribution in [0.2, 0.25) is 0 Å². The Morgan fingerprint density at radius 1 is 1.08 bits per heavy atom. The predicted octanol–water partition coefficient (Wildman–Crippen LogP) is 3.57. The van der Waals surface area contributed by atoms with E-state index in [2.05, 4.69) is 4.90 Å². The van der Waals surface area contributed by atoms with Gasteiger partial charge in [-0.25, -0.2) is 4.39 Å². The molecule has 0 atom stereocenters. The second kappa shape index (κ2) is 7.23. The predicted molar refractivity (Wildman–Crippen MR) is 97.1 cm³/mol. The fourth-order valence-electron chi connectivity index (χ4n) is 4.43. The minimum absolute atomic E-state index is 0.179. The number of benzene rings is 1. The fourth-order valence-corrected chi connectivity index (χ4v) is 4.43. The van der Waals surface area contributed by atoms with Crippen LogP contribution in [0.15, 0.2) is 47.1 Å². The summed E-state index contributed by atoms with van der Waals surface area (Å²) in [6.07, 6.45) is 5.39. The quantitative estimate of drug-likeness (QED) is 0.840. The first-order chi connectivity index (χ1) is 12.7. The van der Waals surface area contributed by atoms with Crippen LogP contribution in [0.3, 0.4) is 0 Å². The number of furan rings is 1. The number of amides is 1. The van der Waals surface area contributed by atoms with Gasteiger partial charge in [-0.1, -0.05) is 25.0 Å². The number of piperazine rings is 1. The van der Waals surface area contributed by atoms with E-state index in [1.807, 2.05) is 23.1 Å². The molecule has 1 aromatic heterocycles. The van der Waals surface area contributed by atoms with Crippen molar-refractivity contribution in [2.75, 3.05) is 26.2 Å². The number of hydrogen-bond acceptors (Lipinski definition) is 3. The van der Waals surface area contributed by atoms with E-state index in [-0.39, 0.29) is 11.7 Å². The number of carbonyl (C=O) groups is 1. The summed E-state index contributed by atoms with van der Waals surface area (Å²) < 4.78 is 19.2. The molecule has 5 heteroatoms. The number of rotatable bonds is 4. The SMILES string of the molecule is O=C(N1CCN(Cc2ccco2)CC1)C1(c2cccc(F)c2)CCCC1. The topological polar surface area (TPSA) is 36.7 Å². The van der Waals surface area contributed by atoms with Gasteiger partial charge in [-0.15, -0.1) is 0 Å². The van der Waals surface area contributed by atoms with E-state index in [9.17, 15) is 9.18 Å². The Morgan fingerprint density at radius 2 is 1.85 bits per heavy atom. The summed E-state index contributed by atoms with van der Waals surface area (Å²) in [4.78, 5) is 17.7. The maximum Gasteiger partial charge on any atom is 0.233 e. The van der Waals surface area contributed by atoms with Crippen LogP contribution in [0.25, 0.3) is 0 Å². The van der Waals surface area contributed by atoms with Crippen molar-refractivity contribution in [3.05, 3.63) is 59.8 Å². The van der Waals surface area contributed by atoms with E-state index in [1.165, 1.54) is 6.07 Å². The van der Waals surface area contributed by atoms with Gasteiger partial charge in [0.2, 0.25) is 5.91 Å². The summed E-state index contributed by atoms with van der Waals surface area (Å²) >= 11 is 0. The normalized spacial score (nSPS) is 20.4. The highest BCUT2D eigenvalue weighted by atomic mass is 19.1. The van der Waals surface area contributed by atoms with Gasteiger partial charge in [0.15, 0.2) is 0 Å². The maximum absolute atomic E-state index is 13.8. The first-order valence-corrected chi connectivity index (χ1v) is 9.48. The highest BCUT2D eigenvalue weighted by molar-refractivity contribution is 5.88. The zero-order chi connectivity index (χ0) is 18.0. The molecule has 138 valence electrons. The van der Waals surface area contributed by atoms with Crippen LogP contribution in [-0.2, 0) is 16.8 Å². The molecule has 26 heavy (non-hydrogen) atoms. The lowest BCUT2D eigenvalue weighted by atomic mass is 9.77. The van der Waals surface area contributed by atoms with Crippen molar-refractivity contribution in [1.82, 2.24) is 9.80 Å². The van der Waals surface area contributed by atoms with Gasteiger partial charge in [-0.3, -0.25) is 9.69 Å². The van der Waals surface area contributed by atoms with Crippen molar-refractivity contribution < 1.29 is 13.6 Å². The van der Waals surface area contributed by atoms with Crippen molar-refractivity contribution in [3.63, 3.8) is 0 Å². The van der Waals surface area contributed by atoms with E-state index in [4.69, 9.17) is 4.42 Å². The standard InChI is InChI=1S/C21H25FN2O2/c22-18-6-3-5-17(15-18)21(8-1-2-9-21)20(25)24-12-10-23(11-13-24)16-19-7-4-14-26-19/h3-7,14-15H,1-2,8-13,16H2. The first kappa shape index (κ1) is 17.3. The Kier molecular flexibility index (Phi) is 4.81. The van der Waals surface area contributed by atoms with Crippen molar-refractivity contribution in [1.29, 1.82) is 0 Å². The Balaban J connectivity index is 1.46. The summed E-state index contributed by atoms with van der Waals surface area (Å²) in [5.41, 5.74) is 0.309. The number of halogens is 1. The molecule has 2 heterocycles. The van der Waals surface area contributed by atoms with Crippen LogP contribution in [0.1, 0.15) is 37.0 Å². The molecule has 4 rings (SSSR count).